The first-order chi connectivity index (χ1) is 7.84. The summed E-state index contributed by atoms with van der Waals surface area (Å²) in [5.41, 5.74) is 0.900. The van der Waals surface area contributed by atoms with E-state index in [1.165, 1.54) is 12.1 Å². The molecule has 1 nitrogen and oxygen atoms in total. The van der Waals surface area contributed by atoms with E-state index in [-0.39, 0.29) is 5.82 Å². The summed E-state index contributed by atoms with van der Waals surface area (Å²) in [6.07, 6.45) is 3.37. The molecule has 0 fully saturated rings. The van der Waals surface area contributed by atoms with Crippen molar-refractivity contribution in [2.45, 2.75) is 0 Å². The molecule has 0 saturated heterocycles. The van der Waals surface area contributed by atoms with Crippen molar-refractivity contribution in [1.82, 2.24) is 0 Å². The second-order valence-electron chi connectivity index (χ2n) is 3.29. The van der Waals surface area contributed by atoms with Crippen LogP contribution in [0.4, 0.5) is 4.39 Å². The van der Waals surface area contributed by atoms with Crippen molar-refractivity contribution in [3.05, 3.63) is 72.2 Å². The highest BCUT2D eigenvalue weighted by Crippen LogP contribution is 2.10. The van der Waals surface area contributed by atoms with Crippen LogP contribution in [0, 0.1) is 5.82 Å². The Morgan fingerprint density at radius 3 is 2.25 bits per heavy atom. The van der Waals surface area contributed by atoms with Gasteiger partial charge in [0.2, 0.25) is 0 Å². The summed E-state index contributed by atoms with van der Waals surface area (Å²) in [6.45, 7) is 0. The van der Waals surface area contributed by atoms with Gasteiger partial charge in [0.05, 0.1) is 6.26 Å². The predicted molar refractivity (Wildman–Crippen MR) is 62.5 cm³/mol. The molecule has 0 aliphatic rings. The molecule has 0 aromatic heterocycles. The van der Waals surface area contributed by atoms with Crippen LogP contribution in [0.1, 0.15) is 5.56 Å². The molecular weight excluding hydrogens is 203 g/mol. The molecule has 2 heteroatoms. The van der Waals surface area contributed by atoms with E-state index < -0.39 is 0 Å². The third-order valence-corrected chi connectivity index (χ3v) is 2.08. The Morgan fingerprint density at radius 2 is 1.56 bits per heavy atom. The lowest BCUT2D eigenvalue weighted by Crippen LogP contribution is -1.81. The second-order valence-corrected chi connectivity index (χ2v) is 3.29. The fourth-order valence-electron chi connectivity index (χ4n) is 1.26. The van der Waals surface area contributed by atoms with E-state index in [1.54, 1.807) is 24.5 Å². The third-order valence-electron chi connectivity index (χ3n) is 2.08. The summed E-state index contributed by atoms with van der Waals surface area (Å²) in [7, 11) is 0. The predicted octanol–water partition coefficient (Wildman–Crippen LogP) is 3.88. The molecule has 0 unspecified atom stereocenters. The number of para-hydroxylation sites is 1. The molecule has 0 radical (unpaired) electrons. The Bertz CT molecular complexity index is 460. The average molecular weight is 214 g/mol. The molecule has 0 aliphatic heterocycles. The normalized spacial score (nSPS) is 10.6. The molecule has 0 aliphatic carbocycles. The van der Waals surface area contributed by atoms with Crippen LogP contribution in [0.3, 0.4) is 0 Å². The number of rotatable bonds is 3. The third kappa shape index (κ3) is 2.95. The number of ether oxygens (including phenoxy) is 1. The summed E-state index contributed by atoms with van der Waals surface area (Å²) in [5.74, 6) is 0.544. The van der Waals surface area contributed by atoms with Crippen molar-refractivity contribution in [3.8, 4) is 5.75 Å². The summed E-state index contributed by atoms with van der Waals surface area (Å²) < 4.78 is 18.0. The molecule has 0 bridgehead atoms. The summed E-state index contributed by atoms with van der Waals surface area (Å²) in [5, 5.41) is 0. The van der Waals surface area contributed by atoms with Crippen molar-refractivity contribution in [2.24, 2.45) is 0 Å². The Labute approximate surface area is 93.8 Å². The minimum atomic E-state index is -0.235. The molecule has 0 N–H and O–H groups in total. The summed E-state index contributed by atoms with van der Waals surface area (Å²) in [4.78, 5) is 0. The maximum absolute atomic E-state index is 12.6. The fraction of sp³-hybridized carbons (Fsp3) is 0. The molecule has 16 heavy (non-hydrogen) atoms. The van der Waals surface area contributed by atoms with Gasteiger partial charge in [-0.25, -0.2) is 4.39 Å². The molecule has 2 aromatic carbocycles. The van der Waals surface area contributed by atoms with Gasteiger partial charge in [0.1, 0.15) is 11.6 Å². The summed E-state index contributed by atoms with van der Waals surface area (Å²) in [6, 6.07) is 15.7. The van der Waals surface area contributed by atoms with Gasteiger partial charge in [-0.2, -0.15) is 0 Å². The average Bonchev–Trinajstić information content (AvgIpc) is 2.33. The lowest BCUT2D eigenvalue weighted by atomic mass is 10.2. The number of hydrogen-bond acceptors (Lipinski definition) is 1. The van der Waals surface area contributed by atoms with E-state index in [1.807, 2.05) is 30.3 Å². The van der Waals surface area contributed by atoms with Crippen molar-refractivity contribution in [2.75, 3.05) is 0 Å². The first-order valence-corrected chi connectivity index (χ1v) is 4.98. The SMILES string of the molecule is Fc1ccc(/C=C/Oc2ccccc2)cc1. The number of hydrogen-bond donors (Lipinski definition) is 0. The second kappa shape index (κ2) is 5.12. The van der Waals surface area contributed by atoms with Gasteiger partial charge in [-0.15, -0.1) is 0 Å². The van der Waals surface area contributed by atoms with Crippen molar-refractivity contribution in [1.29, 1.82) is 0 Å². The van der Waals surface area contributed by atoms with Crippen LogP contribution in [-0.4, -0.2) is 0 Å². The molecule has 0 amide bonds. The molecule has 2 aromatic rings. The van der Waals surface area contributed by atoms with Crippen molar-refractivity contribution < 1.29 is 9.13 Å². The van der Waals surface area contributed by atoms with Gasteiger partial charge in [0.15, 0.2) is 0 Å². The quantitative estimate of drug-likeness (QED) is 0.704. The van der Waals surface area contributed by atoms with Crippen molar-refractivity contribution in [3.63, 3.8) is 0 Å². The maximum Gasteiger partial charge on any atom is 0.126 e. The van der Waals surface area contributed by atoms with Crippen LogP contribution in [-0.2, 0) is 0 Å². The first kappa shape index (κ1) is 10.4. The van der Waals surface area contributed by atoms with Gasteiger partial charge in [0.25, 0.3) is 0 Å². The van der Waals surface area contributed by atoms with Gasteiger partial charge in [-0.1, -0.05) is 30.3 Å². The zero-order valence-corrected chi connectivity index (χ0v) is 8.64. The van der Waals surface area contributed by atoms with E-state index in [0.29, 0.717) is 0 Å². The Hall–Kier alpha value is -2.09. The minimum Gasteiger partial charge on any atom is -0.465 e. The Balaban J connectivity index is 1.98. The van der Waals surface area contributed by atoms with Gasteiger partial charge in [0, 0.05) is 0 Å². The zero-order chi connectivity index (χ0) is 11.2. The van der Waals surface area contributed by atoms with Crippen molar-refractivity contribution >= 4 is 6.08 Å². The van der Waals surface area contributed by atoms with Crippen LogP contribution >= 0.6 is 0 Å². The first-order valence-electron chi connectivity index (χ1n) is 4.98. The van der Waals surface area contributed by atoms with Crippen LogP contribution < -0.4 is 4.74 Å². The van der Waals surface area contributed by atoms with Gasteiger partial charge >= 0.3 is 0 Å². The Kier molecular flexibility index (Phi) is 3.34. The highest BCUT2D eigenvalue weighted by atomic mass is 19.1. The molecule has 0 saturated carbocycles. The van der Waals surface area contributed by atoms with E-state index >= 15 is 0 Å². The highest BCUT2D eigenvalue weighted by Gasteiger charge is 1.89. The van der Waals surface area contributed by atoms with Gasteiger partial charge < -0.3 is 4.74 Å². The van der Waals surface area contributed by atoms with Crippen LogP contribution in [0.15, 0.2) is 60.9 Å². The summed E-state index contributed by atoms with van der Waals surface area (Å²) >= 11 is 0. The van der Waals surface area contributed by atoms with Crippen LogP contribution in [0.5, 0.6) is 5.75 Å². The minimum absolute atomic E-state index is 0.235. The Morgan fingerprint density at radius 1 is 0.875 bits per heavy atom. The highest BCUT2D eigenvalue weighted by molar-refractivity contribution is 5.48. The zero-order valence-electron chi connectivity index (χ0n) is 8.64. The largest absolute Gasteiger partial charge is 0.465 e. The maximum atomic E-state index is 12.6. The molecule has 0 heterocycles. The lowest BCUT2D eigenvalue weighted by Gasteiger charge is -1.98. The lowest BCUT2D eigenvalue weighted by molar-refractivity contribution is 0.485. The van der Waals surface area contributed by atoms with Gasteiger partial charge in [-0.05, 0) is 35.9 Å². The smallest absolute Gasteiger partial charge is 0.126 e. The molecule has 80 valence electrons. The molecule has 0 atom stereocenters. The molecular formula is C14H11FO. The fourth-order valence-corrected chi connectivity index (χ4v) is 1.26. The molecule has 0 spiro atoms. The van der Waals surface area contributed by atoms with Crippen LogP contribution in [0.2, 0.25) is 0 Å². The van der Waals surface area contributed by atoms with E-state index in [0.717, 1.165) is 11.3 Å². The molecule has 2 rings (SSSR count). The van der Waals surface area contributed by atoms with Gasteiger partial charge in [-0.3, -0.25) is 0 Å². The van der Waals surface area contributed by atoms with Crippen LogP contribution in [0.25, 0.3) is 6.08 Å². The van der Waals surface area contributed by atoms with E-state index in [2.05, 4.69) is 0 Å². The monoisotopic (exact) mass is 214 g/mol. The van der Waals surface area contributed by atoms with E-state index in [4.69, 9.17) is 4.74 Å². The topological polar surface area (TPSA) is 9.23 Å². The van der Waals surface area contributed by atoms with E-state index in [9.17, 15) is 4.39 Å². The number of benzene rings is 2. The number of halogens is 1. The standard InChI is InChI=1S/C14H11FO/c15-13-8-6-12(7-9-13)10-11-16-14-4-2-1-3-5-14/h1-11H/b11-10+.